The summed E-state index contributed by atoms with van der Waals surface area (Å²) in [5.74, 6) is -0.367. The number of thiophene rings is 1. The highest BCUT2D eigenvalue weighted by Gasteiger charge is 2.26. The fraction of sp³-hybridized carbons (Fsp3) is 0.353. The van der Waals surface area contributed by atoms with E-state index in [9.17, 15) is 9.59 Å². The van der Waals surface area contributed by atoms with Gasteiger partial charge in [-0.3, -0.25) is 14.6 Å². The van der Waals surface area contributed by atoms with Gasteiger partial charge in [0.1, 0.15) is 6.04 Å². The van der Waals surface area contributed by atoms with Crippen LogP contribution in [0.15, 0.2) is 42.0 Å². The number of nitrogens with zero attached hydrogens (tertiary/aromatic N) is 2. The van der Waals surface area contributed by atoms with Crippen molar-refractivity contribution in [3.05, 3.63) is 46.9 Å². The molecule has 0 spiro atoms. The molecule has 1 fully saturated rings. The van der Waals surface area contributed by atoms with Crippen molar-refractivity contribution in [1.82, 2.24) is 15.6 Å². The summed E-state index contributed by atoms with van der Waals surface area (Å²) < 4.78 is 0. The number of anilines is 1. The molecule has 1 aliphatic rings. The van der Waals surface area contributed by atoms with Crippen LogP contribution in [0.4, 0.5) is 5.69 Å². The second-order valence-electron chi connectivity index (χ2n) is 5.82. The van der Waals surface area contributed by atoms with E-state index in [0.717, 1.165) is 25.2 Å². The van der Waals surface area contributed by atoms with Crippen LogP contribution in [-0.2, 0) is 4.79 Å². The number of pyridine rings is 1. The summed E-state index contributed by atoms with van der Waals surface area (Å²) in [6.07, 6.45) is 4.46. The molecular weight excluding hydrogens is 324 g/mol. The average molecular weight is 344 g/mol. The number of carbonyl (C=O) groups excluding carboxylic acids is 2. The maximum Gasteiger partial charge on any atom is 0.261 e. The Morgan fingerprint density at radius 3 is 2.96 bits per heavy atom. The van der Waals surface area contributed by atoms with E-state index < -0.39 is 6.04 Å². The molecule has 7 heteroatoms. The molecule has 1 saturated heterocycles. The first-order valence-corrected chi connectivity index (χ1v) is 8.81. The largest absolute Gasteiger partial charge is 0.368 e. The lowest BCUT2D eigenvalue weighted by atomic mass is 10.2. The third-order valence-corrected chi connectivity index (χ3v) is 4.90. The Morgan fingerprint density at radius 1 is 1.38 bits per heavy atom. The Kier molecular flexibility index (Phi) is 5.10. The van der Waals surface area contributed by atoms with E-state index in [-0.39, 0.29) is 17.9 Å². The summed E-state index contributed by atoms with van der Waals surface area (Å²) in [5.41, 5.74) is 1.06. The van der Waals surface area contributed by atoms with Crippen molar-refractivity contribution in [2.45, 2.75) is 25.4 Å². The Bertz CT molecular complexity index is 690. The third kappa shape index (κ3) is 3.91. The molecule has 2 aromatic rings. The van der Waals surface area contributed by atoms with Gasteiger partial charge in [-0.15, -0.1) is 11.3 Å². The van der Waals surface area contributed by atoms with E-state index in [4.69, 9.17) is 0 Å². The van der Waals surface area contributed by atoms with Crippen molar-refractivity contribution in [2.75, 3.05) is 18.0 Å². The third-order valence-electron chi connectivity index (χ3n) is 4.03. The first kappa shape index (κ1) is 16.4. The van der Waals surface area contributed by atoms with E-state index in [1.54, 1.807) is 19.2 Å². The summed E-state index contributed by atoms with van der Waals surface area (Å²) in [6, 6.07) is 7.00. The molecule has 24 heavy (non-hydrogen) atoms. The van der Waals surface area contributed by atoms with Crippen LogP contribution < -0.4 is 15.5 Å². The van der Waals surface area contributed by atoms with Gasteiger partial charge in [0.2, 0.25) is 5.91 Å². The number of hydrogen-bond donors (Lipinski definition) is 2. The number of aromatic nitrogens is 1. The van der Waals surface area contributed by atoms with Crippen molar-refractivity contribution in [3.63, 3.8) is 0 Å². The number of nitrogens with one attached hydrogen (secondary N) is 2. The molecule has 2 amide bonds. The molecule has 2 N–H and O–H groups in total. The smallest absolute Gasteiger partial charge is 0.261 e. The molecule has 1 aliphatic heterocycles. The van der Waals surface area contributed by atoms with Crippen LogP contribution in [0.3, 0.4) is 0 Å². The molecule has 0 unspecified atom stereocenters. The summed E-state index contributed by atoms with van der Waals surface area (Å²) in [5, 5.41) is 7.59. The number of carbonyl (C=O) groups is 2. The molecule has 0 saturated carbocycles. The van der Waals surface area contributed by atoms with E-state index >= 15 is 0 Å². The fourth-order valence-electron chi connectivity index (χ4n) is 2.72. The zero-order valence-electron chi connectivity index (χ0n) is 13.4. The molecule has 0 aromatic carbocycles. The highest BCUT2D eigenvalue weighted by molar-refractivity contribution is 7.12. The van der Waals surface area contributed by atoms with Crippen molar-refractivity contribution >= 4 is 28.8 Å². The van der Waals surface area contributed by atoms with Crippen molar-refractivity contribution < 1.29 is 9.59 Å². The van der Waals surface area contributed by atoms with Crippen LogP contribution in [-0.4, -0.2) is 42.0 Å². The molecule has 3 rings (SSSR count). The molecular formula is C17H20N4O2S. The monoisotopic (exact) mass is 344 g/mol. The predicted molar refractivity (Wildman–Crippen MR) is 94.2 cm³/mol. The summed E-state index contributed by atoms with van der Waals surface area (Å²) in [4.78, 5) is 31.2. The first-order valence-electron chi connectivity index (χ1n) is 7.93. The van der Waals surface area contributed by atoms with Gasteiger partial charge < -0.3 is 15.5 Å². The van der Waals surface area contributed by atoms with Crippen LogP contribution in [0, 0.1) is 0 Å². The number of hydrogen-bond acceptors (Lipinski definition) is 5. The van der Waals surface area contributed by atoms with Crippen LogP contribution in [0.5, 0.6) is 0 Å². The molecule has 0 aliphatic carbocycles. The van der Waals surface area contributed by atoms with Gasteiger partial charge in [0.25, 0.3) is 5.91 Å². The van der Waals surface area contributed by atoms with E-state index in [1.165, 1.54) is 11.3 Å². The highest BCUT2D eigenvalue weighted by atomic mass is 32.1. The molecule has 2 atom stereocenters. The summed E-state index contributed by atoms with van der Waals surface area (Å²) in [7, 11) is 0. The standard InChI is InChI=1S/C17H20N4O2S/c1-12(19-17(23)15-5-3-9-24-15)16(22)20-13-6-8-21(11-13)14-4-2-7-18-10-14/h2-5,7,9-10,12-13H,6,8,11H2,1H3,(H,19,23)(H,20,22)/t12-,13+/m0/s1. The second kappa shape index (κ2) is 7.44. The van der Waals surface area contributed by atoms with Gasteiger partial charge in [-0.25, -0.2) is 0 Å². The van der Waals surface area contributed by atoms with Crippen molar-refractivity contribution in [2.24, 2.45) is 0 Å². The number of amides is 2. The number of rotatable bonds is 5. The molecule has 0 radical (unpaired) electrons. The maximum absolute atomic E-state index is 12.3. The van der Waals surface area contributed by atoms with Crippen molar-refractivity contribution in [1.29, 1.82) is 0 Å². The van der Waals surface area contributed by atoms with Gasteiger partial charge in [-0.05, 0) is 36.9 Å². The SMILES string of the molecule is C[C@H](NC(=O)c1cccs1)C(=O)N[C@@H]1CCN(c2cccnc2)C1. The van der Waals surface area contributed by atoms with Gasteiger partial charge in [0.15, 0.2) is 0 Å². The Balaban J connectivity index is 1.49. The minimum atomic E-state index is -0.563. The maximum atomic E-state index is 12.3. The van der Waals surface area contributed by atoms with Crippen LogP contribution in [0.2, 0.25) is 0 Å². The second-order valence-corrected chi connectivity index (χ2v) is 6.77. The van der Waals surface area contributed by atoms with E-state index in [2.05, 4.69) is 20.5 Å². The van der Waals surface area contributed by atoms with Crippen LogP contribution in [0.1, 0.15) is 23.0 Å². The van der Waals surface area contributed by atoms with E-state index in [1.807, 2.05) is 29.8 Å². The lowest BCUT2D eigenvalue weighted by Crippen LogP contribution is -2.48. The van der Waals surface area contributed by atoms with Gasteiger partial charge in [0.05, 0.1) is 16.8 Å². The normalized spacial score (nSPS) is 18.2. The van der Waals surface area contributed by atoms with Crippen LogP contribution in [0.25, 0.3) is 0 Å². The molecule has 126 valence electrons. The first-order chi connectivity index (χ1) is 11.6. The van der Waals surface area contributed by atoms with E-state index in [0.29, 0.717) is 4.88 Å². The molecule has 2 aromatic heterocycles. The minimum absolute atomic E-state index is 0.0822. The lowest BCUT2D eigenvalue weighted by Gasteiger charge is -2.20. The van der Waals surface area contributed by atoms with Gasteiger partial charge >= 0.3 is 0 Å². The van der Waals surface area contributed by atoms with Gasteiger partial charge in [-0.2, -0.15) is 0 Å². The van der Waals surface area contributed by atoms with Crippen LogP contribution >= 0.6 is 11.3 Å². The quantitative estimate of drug-likeness (QED) is 0.865. The average Bonchev–Trinajstić information content (AvgIpc) is 3.27. The fourth-order valence-corrected chi connectivity index (χ4v) is 3.35. The van der Waals surface area contributed by atoms with Gasteiger partial charge in [0, 0.05) is 25.3 Å². The van der Waals surface area contributed by atoms with Gasteiger partial charge in [-0.1, -0.05) is 6.07 Å². The molecule has 6 nitrogen and oxygen atoms in total. The highest BCUT2D eigenvalue weighted by Crippen LogP contribution is 2.18. The predicted octanol–water partition coefficient (Wildman–Crippen LogP) is 1.66. The topological polar surface area (TPSA) is 74.3 Å². The summed E-state index contributed by atoms with van der Waals surface area (Å²) in [6.45, 7) is 3.34. The minimum Gasteiger partial charge on any atom is -0.368 e. The zero-order valence-corrected chi connectivity index (χ0v) is 14.3. The molecule has 0 bridgehead atoms. The summed E-state index contributed by atoms with van der Waals surface area (Å²) >= 11 is 1.36. The lowest BCUT2D eigenvalue weighted by molar-refractivity contribution is -0.123. The Hall–Kier alpha value is -2.41. The zero-order chi connectivity index (χ0) is 16.9. The van der Waals surface area contributed by atoms with Crippen molar-refractivity contribution in [3.8, 4) is 0 Å². The molecule has 3 heterocycles. The Labute approximate surface area is 144 Å². The Morgan fingerprint density at radius 2 is 2.25 bits per heavy atom.